The molecule has 0 fully saturated rings. The van der Waals surface area contributed by atoms with Gasteiger partial charge in [-0.1, -0.05) is 35.5 Å². The maximum atomic E-state index is 12.1. The number of anilines is 1. The van der Waals surface area contributed by atoms with E-state index in [2.05, 4.69) is 10.5 Å². The molecule has 0 atom stereocenters. The van der Waals surface area contributed by atoms with Crippen LogP contribution in [-0.2, 0) is 16.2 Å². The number of oxime groups is 1. The summed E-state index contributed by atoms with van der Waals surface area (Å²) in [7, 11) is 6.92. The summed E-state index contributed by atoms with van der Waals surface area (Å²) in [5.74, 6) is 0.440. The normalized spacial score (nSPS) is 11.0. The first-order valence-electron chi connectivity index (χ1n) is 7.88. The van der Waals surface area contributed by atoms with Gasteiger partial charge in [-0.05, 0) is 17.7 Å². The summed E-state index contributed by atoms with van der Waals surface area (Å²) in [6.45, 7) is 0.312. The van der Waals surface area contributed by atoms with Crippen LogP contribution >= 0.6 is 0 Å². The summed E-state index contributed by atoms with van der Waals surface area (Å²) in [6.07, 6.45) is 0. The van der Waals surface area contributed by atoms with Crippen molar-refractivity contribution in [1.29, 1.82) is 0 Å². The summed E-state index contributed by atoms with van der Waals surface area (Å²) in [4.78, 5) is 18.9. The molecule has 0 bridgehead atoms. The molecule has 2 aromatic rings. The molecule has 2 rings (SSSR count). The van der Waals surface area contributed by atoms with Gasteiger partial charge in [-0.25, -0.2) is 0 Å². The fourth-order valence-corrected chi connectivity index (χ4v) is 2.31. The van der Waals surface area contributed by atoms with E-state index in [0.717, 1.165) is 17.0 Å². The topological polar surface area (TPSA) is 63.2 Å². The predicted octanol–water partition coefficient (Wildman–Crippen LogP) is 2.43. The quantitative estimate of drug-likeness (QED) is 0.621. The zero-order valence-electron chi connectivity index (χ0n) is 14.9. The van der Waals surface area contributed by atoms with Crippen molar-refractivity contribution in [3.63, 3.8) is 0 Å². The summed E-state index contributed by atoms with van der Waals surface area (Å²) in [5.41, 5.74) is 2.79. The number of benzene rings is 2. The van der Waals surface area contributed by atoms with Crippen LogP contribution in [0, 0.1) is 0 Å². The first-order chi connectivity index (χ1) is 12.1. The average molecular weight is 341 g/mol. The predicted molar refractivity (Wildman–Crippen MR) is 99.2 cm³/mol. The van der Waals surface area contributed by atoms with Crippen molar-refractivity contribution >= 4 is 17.3 Å². The Morgan fingerprint density at radius 1 is 1.16 bits per heavy atom. The van der Waals surface area contributed by atoms with Crippen LogP contribution < -0.4 is 15.0 Å². The van der Waals surface area contributed by atoms with Crippen molar-refractivity contribution in [2.45, 2.75) is 6.61 Å². The van der Waals surface area contributed by atoms with Crippen molar-refractivity contribution in [2.24, 2.45) is 5.16 Å². The third-order valence-electron chi connectivity index (χ3n) is 3.63. The van der Waals surface area contributed by atoms with E-state index in [1.807, 2.05) is 67.5 Å². The lowest BCUT2D eigenvalue weighted by Gasteiger charge is -2.15. The zero-order chi connectivity index (χ0) is 18.2. The van der Waals surface area contributed by atoms with Gasteiger partial charge in [0.2, 0.25) is 0 Å². The number of carbonyl (C=O) groups is 1. The van der Waals surface area contributed by atoms with Crippen LogP contribution in [0.25, 0.3) is 0 Å². The van der Waals surface area contributed by atoms with E-state index in [1.54, 1.807) is 7.05 Å². The van der Waals surface area contributed by atoms with E-state index >= 15 is 0 Å². The second-order valence-electron chi connectivity index (χ2n) is 5.54. The van der Waals surface area contributed by atoms with E-state index < -0.39 is 0 Å². The van der Waals surface area contributed by atoms with Crippen LogP contribution in [0.5, 0.6) is 5.75 Å². The Bertz CT molecular complexity index is 757. The van der Waals surface area contributed by atoms with Crippen molar-refractivity contribution in [3.8, 4) is 5.75 Å². The molecule has 25 heavy (non-hydrogen) atoms. The van der Waals surface area contributed by atoms with Crippen LogP contribution in [0.3, 0.4) is 0 Å². The maximum absolute atomic E-state index is 12.1. The second-order valence-corrected chi connectivity index (χ2v) is 5.54. The van der Waals surface area contributed by atoms with Gasteiger partial charge in [-0.15, -0.1) is 0 Å². The van der Waals surface area contributed by atoms with Crippen LogP contribution in [0.1, 0.15) is 11.1 Å². The lowest BCUT2D eigenvalue weighted by Crippen LogP contribution is -2.29. The van der Waals surface area contributed by atoms with E-state index in [0.29, 0.717) is 12.2 Å². The molecule has 1 amide bonds. The van der Waals surface area contributed by atoms with E-state index in [1.165, 1.54) is 7.11 Å². The Kier molecular flexibility index (Phi) is 6.39. The monoisotopic (exact) mass is 341 g/mol. The van der Waals surface area contributed by atoms with Gasteiger partial charge in [0.25, 0.3) is 5.91 Å². The number of hydrogen-bond donors (Lipinski definition) is 1. The summed E-state index contributed by atoms with van der Waals surface area (Å²) < 4.78 is 5.91. The van der Waals surface area contributed by atoms with Crippen molar-refractivity contribution < 1.29 is 14.4 Å². The smallest absolute Gasteiger partial charge is 0.273 e. The first-order valence-corrected chi connectivity index (χ1v) is 7.88. The molecule has 2 aromatic carbocycles. The van der Waals surface area contributed by atoms with Crippen LogP contribution in [0.2, 0.25) is 0 Å². The van der Waals surface area contributed by atoms with Crippen LogP contribution in [0.4, 0.5) is 5.69 Å². The standard InChI is InChI=1S/C19H23N3O3/c1-20-19(23)18(21-24-4)17-11-6-5-8-14(17)13-25-16-10-7-9-15(12-16)22(2)3/h5-12H,13H2,1-4H3,(H,20,23)/b21-18+. The number of ether oxygens (including phenoxy) is 1. The zero-order valence-corrected chi connectivity index (χ0v) is 14.9. The van der Waals surface area contributed by atoms with Gasteiger partial charge >= 0.3 is 0 Å². The van der Waals surface area contributed by atoms with Gasteiger partial charge in [0.05, 0.1) is 0 Å². The molecule has 6 heteroatoms. The highest BCUT2D eigenvalue weighted by atomic mass is 16.6. The Hall–Kier alpha value is -3.02. The molecule has 132 valence electrons. The molecule has 0 saturated carbocycles. The molecule has 0 unspecified atom stereocenters. The van der Waals surface area contributed by atoms with Crippen LogP contribution in [-0.4, -0.2) is 39.9 Å². The molecule has 0 aromatic heterocycles. The third-order valence-corrected chi connectivity index (χ3v) is 3.63. The van der Waals surface area contributed by atoms with Crippen molar-refractivity contribution in [1.82, 2.24) is 5.32 Å². The molecule has 0 aliphatic heterocycles. The lowest BCUT2D eigenvalue weighted by molar-refractivity contribution is -0.114. The molecule has 6 nitrogen and oxygen atoms in total. The Labute approximate surface area is 148 Å². The maximum Gasteiger partial charge on any atom is 0.273 e. The van der Waals surface area contributed by atoms with E-state index in [9.17, 15) is 4.79 Å². The number of nitrogens with one attached hydrogen (secondary N) is 1. The molecular weight excluding hydrogens is 318 g/mol. The summed E-state index contributed by atoms with van der Waals surface area (Å²) in [6, 6.07) is 15.3. The fourth-order valence-electron chi connectivity index (χ4n) is 2.31. The van der Waals surface area contributed by atoms with Gasteiger partial charge in [0, 0.05) is 38.5 Å². The minimum absolute atomic E-state index is 0.214. The molecule has 0 saturated heterocycles. The lowest BCUT2D eigenvalue weighted by atomic mass is 10.0. The van der Waals surface area contributed by atoms with Gasteiger partial charge in [-0.3, -0.25) is 4.79 Å². The SMILES string of the molecule is CNC(=O)/C(=N/OC)c1ccccc1COc1cccc(N(C)C)c1. The first kappa shape index (κ1) is 18.3. The van der Waals surface area contributed by atoms with Gasteiger partial charge < -0.3 is 19.8 Å². The number of rotatable bonds is 7. The summed E-state index contributed by atoms with van der Waals surface area (Å²) in [5, 5.41) is 6.43. The molecule has 0 spiro atoms. The Morgan fingerprint density at radius 3 is 2.60 bits per heavy atom. The number of likely N-dealkylation sites (N-methyl/N-ethyl adjacent to an activating group) is 1. The van der Waals surface area contributed by atoms with Gasteiger partial charge in [0.1, 0.15) is 19.5 Å². The molecular formula is C19H23N3O3. The van der Waals surface area contributed by atoms with Crippen molar-refractivity contribution in [2.75, 3.05) is 33.2 Å². The molecule has 0 radical (unpaired) electrons. The van der Waals surface area contributed by atoms with Crippen molar-refractivity contribution in [3.05, 3.63) is 59.7 Å². The third kappa shape index (κ3) is 4.73. The minimum Gasteiger partial charge on any atom is -0.489 e. The Morgan fingerprint density at radius 2 is 1.92 bits per heavy atom. The van der Waals surface area contributed by atoms with Gasteiger partial charge in [0.15, 0.2) is 5.71 Å². The highest BCUT2D eigenvalue weighted by molar-refractivity contribution is 6.45. The summed E-state index contributed by atoms with van der Waals surface area (Å²) >= 11 is 0. The second kappa shape index (κ2) is 8.73. The largest absolute Gasteiger partial charge is 0.489 e. The number of hydrogen-bond acceptors (Lipinski definition) is 5. The highest BCUT2D eigenvalue weighted by Crippen LogP contribution is 2.21. The molecule has 0 aliphatic rings. The number of nitrogens with zero attached hydrogens (tertiary/aromatic N) is 2. The number of carbonyl (C=O) groups excluding carboxylic acids is 1. The fraction of sp³-hybridized carbons (Fsp3) is 0.263. The molecule has 1 N–H and O–H groups in total. The van der Waals surface area contributed by atoms with Gasteiger partial charge in [-0.2, -0.15) is 0 Å². The Balaban J connectivity index is 2.25. The highest BCUT2D eigenvalue weighted by Gasteiger charge is 2.17. The number of amides is 1. The molecule has 0 heterocycles. The minimum atomic E-state index is -0.316. The van der Waals surface area contributed by atoms with E-state index in [-0.39, 0.29) is 11.6 Å². The van der Waals surface area contributed by atoms with Crippen LogP contribution in [0.15, 0.2) is 53.7 Å². The molecule has 0 aliphatic carbocycles. The average Bonchev–Trinajstić information content (AvgIpc) is 2.64. The van der Waals surface area contributed by atoms with E-state index in [4.69, 9.17) is 9.57 Å².